The van der Waals surface area contributed by atoms with E-state index in [1.54, 1.807) is 0 Å². The number of Topliss-reactive ketones (excluding diaryl/α,β-unsaturated/α-hetero) is 1. The van der Waals surface area contributed by atoms with Crippen LogP contribution in [0.15, 0.2) is 48.1 Å². The van der Waals surface area contributed by atoms with E-state index < -0.39 is 8.32 Å². The fraction of sp³-hybridized carbons (Fsp3) is 0.522. The first kappa shape index (κ1) is 23.4. The topological polar surface area (TPSA) is 29.5 Å². The summed E-state index contributed by atoms with van der Waals surface area (Å²) in [5.74, 6) is -0.00764. The van der Waals surface area contributed by atoms with Crippen molar-refractivity contribution in [2.45, 2.75) is 52.8 Å². The average Bonchev–Trinajstić information content (AvgIpc) is 2.57. The van der Waals surface area contributed by atoms with Crippen LogP contribution >= 0.6 is 0 Å². The van der Waals surface area contributed by atoms with Crippen LogP contribution in [-0.2, 0) is 4.43 Å². The summed E-state index contributed by atoms with van der Waals surface area (Å²) < 4.78 is 6.15. The van der Waals surface area contributed by atoms with Gasteiger partial charge in [0, 0.05) is 31.3 Å². The number of ketones is 1. The third kappa shape index (κ3) is 7.11. The van der Waals surface area contributed by atoms with Gasteiger partial charge in [0.15, 0.2) is 14.1 Å². The minimum Gasteiger partial charge on any atom is -0.413 e. The molecule has 0 N–H and O–H groups in total. The third-order valence-electron chi connectivity index (χ3n) is 5.32. The van der Waals surface area contributed by atoms with Gasteiger partial charge >= 0.3 is 0 Å². The van der Waals surface area contributed by atoms with Gasteiger partial charge < -0.3 is 9.33 Å². The second kappa shape index (κ2) is 9.51. The van der Waals surface area contributed by atoms with E-state index in [4.69, 9.17) is 4.43 Å². The quantitative estimate of drug-likeness (QED) is 0.307. The van der Waals surface area contributed by atoms with Crippen molar-refractivity contribution < 1.29 is 9.22 Å². The Bertz CT molecular complexity index is 679. The van der Waals surface area contributed by atoms with Crippen molar-refractivity contribution in [2.75, 3.05) is 25.6 Å². The first-order valence-electron chi connectivity index (χ1n) is 9.65. The lowest BCUT2D eigenvalue weighted by Gasteiger charge is -2.35. The highest BCUT2D eigenvalue weighted by atomic mass is 28.4. The molecule has 3 nitrogen and oxygen atoms in total. The molecule has 0 radical (unpaired) electrons. The predicted octanol–water partition coefficient (Wildman–Crippen LogP) is 6.10. The van der Waals surface area contributed by atoms with Gasteiger partial charge in [-0.05, 0) is 49.3 Å². The zero-order valence-corrected chi connectivity index (χ0v) is 19.6. The first-order valence-corrected chi connectivity index (χ1v) is 12.6. The van der Waals surface area contributed by atoms with E-state index in [0.717, 1.165) is 16.8 Å². The molecule has 1 rings (SSSR count). The van der Waals surface area contributed by atoms with Crippen LogP contribution in [0, 0.1) is 5.92 Å². The maximum atomic E-state index is 12.6. The van der Waals surface area contributed by atoms with Gasteiger partial charge in [-0.2, -0.15) is 0 Å². The average molecular weight is 388 g/mol. The molecule has 1 unspecified atom stereocenters. The number of hydrogen-bond acceptors (Lipinski definition) is 3. The highest BCUT2D eigenvalue weighted by Gasteiger charge is 2.36. The summed E-state index contributed by atoms with van der Waals surface area (Å²) in [5.41, 5.74) is 2.93. The van der Waals surface area contributed by atoms with Crippen molar-refractivity contribution in [2.24, 2.45) is 5.92 Å². The van der Waals surface area contributed by atoms with Gasteiger partial charge in [0.05, 0.1) is 6.61 Å². The molecule has 0 spiro atoms. The smallest absolute Gasteiger partial charge is 0.192 e. The summed E-state index contributed by atoms with van der Waals surface area (Å²) in [6.45, 7) is 15.8. The monoisotopic (exact) mass is 387 g/mol. The van der Waals surface area contributed by atoms with Crippen LogP contribution in [-0.4, -0.2) is 34.8 Å². The molecule has 0 saturated heterocycles. The molecule has 1 aromatic rings. The van der Waals surface area contributed by atoms with Gasteiger partial charge in [-0.1, -0.05) is 51.5 Å². The van der Waals surface area contributed by atoms with Crippen LogP contribution in [0.2, 0.25) is 18.1 Å². The molecule has 0 aliphatic rings. The lowest BCUT2D eigenvalue weighted by Crippen LogP contribution is -2.40. The number of benzene rings is 1. The van der Waals surface area contributed by atoms with Crippen LogP contribution in [0.3, 0.4) is 0 Å². The van der Waals surface area contributed by atoms with Gasteiger partial charge in [0.25, 0.3) is 0 Å². The van der Waals surface area contributed by atoms with Crippen molar-refractivity contribution in [3.63, 3.8) is 0 Å². The number of carbonyl (C=O) groups excluding carboxylic acids is 1. The molecule has 0 heterocycles. The lowest BCUT2D eigenvalue weighted by molar-refractivity contribution is 0.0953. The standard InChI is InChI=1S/C23H37NO2Si/c1-18(11-10-16-26-27(8,9)23(3,4)5)17-19(2)22(25)20-12-14-21(15-13-20)24(6)7/h10-15,17,19H,16H2,1-9H3. The van der Waals surface area contributed by atoms with E-state index in [9.17, 15) is 4.79 Å². The Morgan fingerprint density at radius 1 is 1.19 bits per heavy atom. The number of hydrogen-bond donors (Lipinski definition) is 0. The zero-order chi connectivity index (χ0) is 20.8. The molecule has 0 fully saturated rings. The molecule has 0 saturated carbocycles. The molecule has 0 amide bonds. The number of allylic oxidation sites excluding steroid dienone is 3. The Balaban J connectivity index is 2.66. The predicted molar refractivity (Wildman–Crippen MR) is 120 cm³/mol. The second-order valence-corrected chi connectivity index (χ2v) is 13.8. The maximum absolute atomic E-state index is 12.6. The Hall–Kier alpha value is -1.65. The summed E-state index contributed by atoms with van der Waals surface area (Å²) in [6, 6.07) is 7.77. The fourth-order valence-corrected chi connectivity index (χ4v) is 3.37. The van der Waals surface area contributed by atoms with E-state index in [0.29, 0.717) is 6.61 Å². The van der Waals surface area contributed by atoms with Crippen molar-refractivity contribution in [1.29, 1.82) is 0 Å². The number of rotatable bonds is 8. The molecule has 4 heteroatoms. The Kier molecular flexibility index (Phi) is 8.24. The molecule has 27 heavy (non-hydrogen) atoms. The maximum Gasteiger partial charge on any atom is 0.192 e. The van der Waals surface area contributed by atoms with Crippen LogP contribution < -0.4 is 4.90 Å². The Morgan fingerprint density at radius 3 is 2.22 bits per heavy atom. The molecule has 1 aromatic carbocycles. The highest BCUT2D eigenvalue weighted by molar-refractivity contribution is 6.74. The SMILES string of the molecule is CC(C=CCO[Si](C)(C)C(C)(C)C)=CC(C)C(=O)c1ccc(N(C)C)cc1. The number of nitrogens with zero attached hydrogens (tertiary/aromatic N) is 1. The van der Waals surface area contributed by atoms with Gasteiger partial charge in [-0.25, -0.2) is 0 Å². The van der Waals surface area contributed by atoms with Crippen LogP contribution in [0.5, 0.6) is 0 Å². The van der Waals surface area contributed by atoms with Gasteiger partial charge in [-0.3, -0.25) is 4.79 Å². The van der Waals surface area contributed by atoms with Crippen LogP contribution in [0.1, 0.15) is 45.0 Å². The highest BCUT2D eigenvalue weighted by Crippen LogP contribution is 2.36. The third-order valence-corrected chi connectivity index (χ3v) is 9.82. The van der Waals surface area contributed by atoms with Crippen LogP contribution in [0.4, 0.5) is 5.69 Å². The Labute approximate surface area is 167 Å². The van der Waals surface area contributed by atoms with Gasteiger partial charge in [0.1, 0.15) is 0 Å². The fourth-order valence-electron chi connectivity index (χ4n) is 2.42. The molecule has 1 atom stereocenters. The molecule has 150 valence electrons. The van der Waals surface area contributed by atoms with E-state index in [1.807, 2.05) is 69.3 Å². The van der Waals surface area contributed by atoms with Crippen LogP contribution in [0.25, 0.3) is 0 Å². The lowest BCUT2D eigenvalue weighted by atomic mass is 9.97. The van der Waals surface area contributed by atoms with Gasteiger partial charge in [0.2, 0.25) is 0 Å². The minimum atomic E-state index is -1.71. The van der Waals surface area contributed by atoms with E-state index in [1.165, 1.54) is 0 Å². The minimum absolute atomic E-state index is 0.144. The molecule has 0 aromatic heterocycles. The summed E-state index contributed by atoms with van der Waals surface area (Å²) >= 11 is 0. The molecule has 0 aliphatic carbocycles. The van der Waals surface area contributed by atoms with E-state index in [2.05, 4.69) is 39.9 Å². The van der Waals surface area contributed by atoms with Crippen molar-refractivity contribution in [1.82, 2.24) is 0 Å². The second-order valence-electron chi connectivity index (χ2n) is 8.98. The van der Waals surface area contributed by atoms with E-state index >= 15 is 0 Å². The first-order chi connectivity index (χ1) is 12.3. The summed E-state index contributed by atoms with van der Waals surface area (Å²) in [7, 11) is 2.27. The molecular weight excluding hydrogens is 350 g/mol. The summed E-state index contributed by atoms with van der Waals surface area (Å²) in [6.07, 6.45) is 6.12. The number of carbonyl (C=O) groups is 1. The molecular formula is C23H37NO2Si. The molecule has 0 aliphatic heterocycles. The normalized spacial score (nSPS) is 14.5. The van der Waals surface area contributed by atoms with Crippen molar-refractivity contribution in [3.8, 4) is 0 Å². The zero-order valence-electron chi connectivity index (χ0n) is 18.6. The summed E-state index contributed by atoms with van der Waals surface area (Å²) in [5, 5.41) is 0.217. The number of anilines is 1. The van der Waals surface area contributed by atoms with Crippen molar-refractivity contribution >= 4 is 19.8 Å². The van der Waals surface area contributed by atoms with E-state index in [-0.39, 0.29) is 16.7 Å². The summed E-state index contributed by atoms with van der Waals surface area (Å²) in [4.78, 5) is 14.7. The van der Waals surface area contributed by atoms with Crippen molar-refractivity contribution in [3.05, 3.63) is 53.6 Å². The Morgan fingerprint density at radius 2 is 1.74 bits per heavy atom. The largest absolute Gasteiger partial charge is 0.413 e. The van der Waals surface area contributed by atoms with Gasteiger partial charge in [-0.15, -0.1) is 0 Å². The molecule has 0 bridgehead atoms.